The Morgan fingerprint density at radius 2 is 1.96 bits per heavy atom. The number of nitrogens with zero attached hydrogens (tertiary/aromatic N) is 2. The highest BCUT2D eigenvalue weighted by atomic mass is 32.2. The van der Waals surface area contributed by atoms with Gasteiger partial charge in [-0.15, -0.1) is 0 Å². The molecule has 6 heteroatoms. The van der Waals surface area contributed by atoms with Crippen molar-refractivity contribution in [3.05, 3.63) is 35.4 Å². The fraction of sp³-hybridized carbons (Fsp3) is 0.650. The first-order valence-corrected chi connectivity index (χ1v) is 11.4. The van der Waals surface area contributed by atoms with E-state index in [0.717, 1.165) is 32.2 Å². The minimum absolute atomic E-state index is 0.0172. The van der Waals surface area contributed by atoms with Gasteiger partial charge in [0.1, 0.15) is 0 Å². The normalized spacial score (nSPS) is 29.3. The third-order valence-electron chi connectivity index (χ3n) is 6.11. The van der Waals surface area contributed by atoms with E-state index in [1.165, 1.54) is 11.1 Å². The molecule has 0 saturated carbocycles. The lowest BCUT2D eigenvalue weighted by atomic mass is 9.77. The van der Waals surface area contributed by atoms with Crippen LogP contribution in [0, 0.1) is 11.8 Å². The van der Waals surface area contributed by atoms with Crippen LogP contribution in [0.2, 0.25) is 0 Å². The van der Waals surface area contributed by atoms with Gasteiger partial charge in [-0.25, -0.2) is 8.42 Å². The fourth-order valence-electron chi connectivity index (χ4n) is 5.07. The Kier molecular flexibility index (Phi) is 4.59. The number of piperidine rings is 2. The Labute approximate surface area is 156 Å². The Morgan fingerprint density at radius 1 is 1.19 bits per heavy atom. The summed E-state index contributed by atoms with van der Waals surface area (Å²) >= 11 is 0. The number of carbonyl (C=O) groups excluding carboxylic acids is 1. The molecule has 1 aromatic rings. The third-order valence-corrected chi connectivity index (χ3v) is 8.36. The molecule has 0 aromatic heterocycles. The van der Waals surface area contributed by atoms with Crippen LogP contribution in [0.25, 0.3) is 0 Å². The van der Waals surface area contributed by atoms with Crippen molar-refractivity contribution in [3.8, 4) is 0 Å². The molecule has 0 radical (unpaired) electrons. The number of carbonyl (C=O) groups is 1. The van der Waals surface area contributed by atoms with E-state index in [9.17, 15) is 13.2 Å². The van der Waals surface area contributed by atoms with Crippen LogP contribution >= 0.6 is 0 Å². The molecular formula is C20H28N2O3S. The monoisotopic (exact) mass is 376 g/mol. The molecule has 3 heterocycles. The van der Waals surface area contributed by atoms with Crippen LogP contribution in [0.4, 0.5) is 0 Å². The van der Waals surface area contributed by atoms with Gasteiger partial charge in [-0.05, 0) is 42.7 Å². The first-order chi connectivity index (χ1) is 12.4. The molecule has 142 valence electrons. The van der Waals surface area contributed by atoms with Crippen LogP contribution in [0.5, 0.6) is 0 Å². The maximum Gasteiger partial charge on any atom is 0.227 e. The third kappa shape index (κ3) is 2.97. The molecule has 3 aliphatic rings. The number of rotatable bonds is 3. The van der Waals surface area contributed by atoms with Crippen LogP contribution in [-0.2, 0) is 21.2 Å². The van der Waals surface area contributed by atoms with Gasteiger partial charge in [0.25, 0.3) is 0 Å². The van der Waals surface area contributed by atoms with Crippen molar-refractivity contribution in [1.82, 2.24) is 9.21 Å². The molecule has 2 saturated heterocycles. The van der Waals surface area contributed by atoms with Crippen molar-refractivity contribution in [2.75, 3.05) is 18.8 Å². The zero-order valence-electron chi connectivity index (χ0n) is 15.6. The number of benzene rings is 1. The van der Waals surface area contributed by atoms with E-state index in [1.54, 1.807) is 4.31 Å². The lowest BCUT2D eigenvalue weighted by Gasteiger charge is -2.51. The van der Waals surface area contributed by atoms with Crippen molar-refractivity contribution in [2.45, 2.75) is 51.6 Å². The van der Waals surface area contributed by atoms with E-state index in [0.29, 0.717) is 6.54 Å². The second kappa shape index (κ2) is 6.64. The molecule has 2 fully saturated rings. The van der Waals surface area contributed by atoms with Crippen LogP contribution < -0.4 is 0 Å². The van der Waals surface area contributed by atoms with E-state index in [2.05, 4.69) is 12.1 Å². The summed E-state index contributed by atoms with van der Waals surface area (Å²) in [7, 11) is -3.33. The lowest BCUT2D eigenvalue weighted by molar-refractivity contribution is -0.147. The van der Waals surface area contributed by atoms with Crippen molar-refractivity contribution < 1.29 is 13.2 Å². The van der Waals surface area contributed by atoms with Crippen molar-refractivity contribution in [2.24, 2.45) is 11.8 Å². The summed E-state index contributed by atoms with van der Waals surface area (Å²) in [6, 6.07) is 8.14. The van der Waals surface area contributed by atoms with Crippen molar-refractivity contribution in [3.63, 3.8) is 0 Å². The molecule has 0 bridgehead atoms. The van der Waals surface area contributed by atoms with Crippen molar-refractivity contribution >= 4 is 15.9 Å². The molecule has 0 spiro atoms. The molecule has 26 heavy (non-hydrogen) atoms. The Balaban J connectivity index is 1.69. The van der Waals surface area contributed by atoms with Gasteiger partial charge in [0.2, 0.25) is 15.9 Å². The van der Waals surface area contributed by atoms with Gasteiger partial charge in [-0.1, -0.05) is 38.1 Å². The first kappa shape index (κ1) is 18.0. The number of sulfonamides is 1. The topological polar surface area (TPSA) is 57.7 Å². The quantitative estimate of drug-likeness (QED) is 0.815. The highest BCUT2D eigenvalue weighted by Gasteiger charge is 2.50. The first-order valence-electron chi connectivity index (χ1n) is 9.76. The Bertz CT molecular complexity index is 805. The van der Waals surface area contributed by atoms with E-state index in [-0.39, 0.29) is 35.6 Å². The molecule has 3 unspecified atom stereocenters. The predicted molar refractivity (Wildman–Crippen MR) is 101 cm³/mol. The maximum atomic E-state index is 13.2. The zero-order valence-corrected chi connectivity index (χ0v) is 16.4. The molecule has 0 aliphatic carbocycles. The van der Waals surface area contributed by atoms with Gasteiger partial charge in [-0.3, -0.25) is 4.79 Å². The molecule has 1 amide bonds. The summed E-state index contributed by atoms with van der Waals surface area (Å²) in [6.07, 6.45) is 3.21. The van der Waals surface area contributed by atoms with E-state index < -0.39 is 10.0 Å². The molecular weight excluding hydrogens is 348 g/mol. The second-order valence-corrected chi connectivity index (χ2v) is 10.3. The number of amides is 1. The lowest BCUT2D eigenvalue weighted by Crippen LogP contribution is -2.60. The average Bonchev–Trinajstić information content (AvgIpc) is 2.60. The SMILES string of the molecule is CC(C)CS(=O)(=O)N1CCCC2C(=O)N3CCc4ccccc4C3CC21. The smallest absolute Gasteiger partial charge is 0.227 e. The summed E-state index contributed by atoms with van der Waals surface area (Å²) in [5.41, 5.74) is 2.50. The molecule has 3 aliphatic heterocycles. The van der Waals surface area contributed by atoms with Gasteiger partial charge in [0.15, 0.2) is 0 Å². The molecule has 0 N–H and O–H groups in total. The maximum absolute atomic E-state index is 13.2. The standard InChI is InChI=1S/C20H28N2O3S/c1-14(2)13-26(24,25)22-10-5-8-17-19(22)12-18-16-7-4-3-6-15(16)9-11-21(18)20(17)23/h3-4,6-7,14,17-19H,5,8-13H2,1-2H3. The number of fused-ring (bicyclic) bond motifs is 4. The summed E-state index contributed by atoms with van der Waals surface area (Å²) in [5.74, 6) is 0.235. The minimum Gasteiger partial charge on any atom is -0.335 e. The van der Waals surface area contributed by atoms with E-state index in [4.69, 9.17) is 0 Å². The highest BCUT2D eigenvalue weighted by molar-refractivity contribution is 7.89. The summed E-state index contributed by atoms with van der Waals surface area (Å²) in [6.45, 7) is 5.18. The van der Waals surface area contributed by atoms with Crippen LogP contribution in [-0.4, -0.2) is 48.4 Å². The van der Waals surface area contributed by atoms with Crippen molar-refractivity contribution in [1.29, 1.82) is 0 Å². The van der Waals surface area contributed by atoms with Crippen LogP contribution in [0.1, 0.15) is 50.3 Å². The largest absolute Gasteiger partial charge is 0.335 e. The molecule has 3 atom stereocenters. The Morgan fingerprint density at radius 3 is 2.73 bits per heavy atom. The van der Waals surface area contributed by atoms with Gasteiger partial charge < -0.3 is 4.90 Å². The summed E-state index contributed by atoms with van der Waals surface area (Å²) < 4.78 is 27.6. The van der Waals surface area contributed by atoms with Gasteiger partial charge >= 0.3 is 0 Å². The minimum atomic E-state index is -3.33. The summed E-state index contributed by atoms with van der Waals surface area (Å²) in [5, 5.41) is 0. The Hall–Kier alpha value is -1.40. The average molecular weight is 377 g/mol. The second-order valence-electron chi connectivity index (χ2n) is 8.33. The van der Waals surface area contributed by atoms with Crippen LogP contribution in [0.3, 0.4) is 0 Å². The molecule has 4 rings (SSSR count). The van der Waals surface area contributed by atoms with E-state index >= 15 is 0 Å². The van der Waals surface area contributed by atoms with Crippen LogP contribution in [0.15, 0.2) is 24.3 Å². The predicted octanol–water partition coefficient (Wildman–Crippen LogP) is 2.58. The highest BCUT2D eigenvalue weighted by Crippen LogP contribution is 2.44. The molecule has 1 aromatic carbocycles. The number of hydrogen-bond acceptors (Lipinski definition) is 3. The summed E-state index contributed by atoms with van der Waals surface area (Å²) in [4.78, 5) is 15.2. The molecule has 5 nitrogen and oxygen atoms in total. The number of hydrogen-bond donors (Lipinski definition) is 0. The van der Waals surface area contributed by atoms with Gasteiger partial charge in [-0.2, -0.15) is 4.31 Å². The van der Waals surface area contributed by atoms with Gasteiger partial charge in [0, 0.05) is 19.1 Å². The fourth-order valence-corrected chi connectivity index (χ4v) is 7.16. The van der Waals surface area contributed by atoms with Gasteiger partial charge in [0.05, 0.1) is 17.7 Å². The van der Waals surface area contributed by atoms with E-state index in [1.807, 2.05) is 30.9 Å². The zero-order chi connectivity index (χ0) is 18.5.